The van der Waals surface area contributed by atoms with Crippen molar-refractivity contribution in [3.05, 3.63) is 93.6 Å². The Morgan fingerprint density at radius 2 is 1.43 bits per heavy atom. The molecule has 5 aliphatic heterocycles. The number of carbonyl (C=O) groups is 2. The first kappa shape index (κ1) is 41.4. The Morgan fingerprint density at radius 3 is 2.11 bits per heavy atom. The Labute approximate surface area is 354 Å². The van der Waals surface area contributed by atoms with E-state index in [9.17, 15) is 24.9 Å². The number of phenols is 2. The molecule has 4 aromatic carbocycles. The fourth-order valence-electron chi connectivity index (χ4n) is 8.29. The van der Waals surface area contributed by atoms with Gasteiger partial charge in [0.05, 0.1) is 50.0 Å². The zero-order chi connectivity index (χ0) is 43.8. The van der Waals surface area contributed by atoms with Crippen molar-refractivity contribution in [3.63, 3.8) is 0 Å². The van der Waals surface area contributed by atoms with Gasteiger partial charge in [-0.1, -0.05) is 6.07 Å². The number of benzene rings is 4. The van der Waals surface area contributed by atoms with Gasteiger partial charge < -0.3 is 53.2 Å². The Bertz CT molecular complexity index is 2530. The van der Waals surface area contributed by atoms with Crippen molar-refractivity contribution < 1.29 is 62.8 Å². The van der Waals surface area contributed by atoms with E-state index < -0.39 is 34.9 Å². The van der Waals surface area contributed by atoms with Crippen LogP contribution in [0.25, 0.3) is 12.2 Å². The van der Waals surface area contributed by atoms with Crippen LogP contribution in [0, 0.1) is 0 Å². The van der Waals surface area contributed by atoms with E-state index in [1.54, 1.807) is 46.3 Å². The highest BCUT2D eigenvalue weighted by Gasteiger charge is 2.46. The summed E-state index contributed by atoms with van der Waals surface area (Å²) in [6.45, 7) is 11.5. The van der Waals surface area contributed by atoms with Crippen LogP contribution in [0.4, 0.5) is 0 Å². The molecule has 0 aliphatic carbocycles. The molecule has 3 atom stereocenters. The molecule has 9 rings (SSSR count). The number of rotatable bonds is 6. The first-order valence-corrected chi connectivity index (χ1v) is 20.1. The van der Waals surface area contributed by atoms with Crippen LogP contribution in [-0.4, -0.2) is 83.8 Å². The second kappa shape index (κ2) is 15.0. The lowest BCUT2D eigenvalue weighted by Gasteiger charge is -2.39. The van der Waals surface area contributed by atoms with Crippen molar-refractivity contribution in [2.75, 3.05) is 27.9 Å². The normalized spacial score (nSPS) is 21.2. The summed E-state index contributed by atoms with van der Waals surface area (Å²) in [5.41, 5.74) is 2.15. The van der Waals surface area contributed by atoms with Gasteiger partial charge in [0, 0.05) is 42.2 Å². The number of aromatic hydroxyl groups is 2. The molecule has 3 unspecified atom stereocenters. The number of hydrogen-bond donors (Lipinski definition) is 3. The summed E-state index contributed by atoms with van der Waals surface area (Å²) in [4.78, 5) is 26.7. The van der Waals surface area contributed by atoms with Crippen molar-refractivity contribution in [1.82, 2.24) is 0 Å². The molecular weight excluding hydrogens is 785 g/mol. The molecule has 3 N–H and O–H groups in total. The van der Waals surface area contributed by atoms with Crippen LogP contribution in [-0.2, 0) is 12.8 Å². The third kappa shape index (κ3) is 7.45. The topological polar surface area (TPSA) is 169 Å². The Morgan fingerprint density at radius 1 is 0.770 bits per heavy atom. The lowest BCUT2D eigenvalue weighted by Crippen LogP contribution is -2.46. The van der Waals surface area contributed by atoms with Crippen LogP contribution in [0.3, 0.4) is 0 Å². The van der Waals surface area contributed by atoms with Crippen LogP contribution < -0.4 is 37.9 Å². The van der Waals surface area contributed by atoms with Gasteiger partial charge in [-0.2, -0.15) is 0 Å². The molecule has 4 aromatic rings. The van der Waals surface area contributed by atoms with Crippen LogP contribution >= 0.6 is 0 Å². The molecular formula is C48H50O13. The molecule has 13 heteroatoms. The van der Waals surface area contributed by atoms with Gasteiger partial charge in [0.1, 0.15) is 81.1 Å². The van der Waals surface area contributed by atoms with Crippen LogP contribution in [0.15, 0.2) is 54.6 Å². The number of Topliss-reactive ketones (excluding diaryl/α,β-unsaturated/α-hetero) is 2. The lowest BCUT2D eigenvalue weighted by atomic mass is 9.80. The SMILES string of the molecule is COc1c(CC(=O)c2cc3c(cc2O)OC(C)(C)C(O)C3)ccc2c1C=CC(C)(C)O2.COc1cc2c(cc1OC)C1C(=O)c3c(O)cc4c(c3OC1CO2)C=CC(C)(C)O4. The van der Waals surface area contributed by atoms with Gasteiger partial charge in [-0.15, -0.1) is 0 Å². The highest BCUT2D eigenvalue weighted by atomic mass is 16.5. The third-order valence-corrected chi connectivity index (χ3v) is 11.6. The Hall–Kier alpha value is -6.34. The van der Waals surface area contributed by atoms with E-state index in [-0.39, 0.29) is 47.2 Å². The summed E-state index contributed by atoms with van der Waals surface area (Å²) in [7, 11) is 4.64. The molecule has 5 heterocycles. The number of aliphatic hydroxyl groups is 1. The summed E-state index contributed by atoms with van der Waals surface area (Å²) < 4.78 is 46.2. The van der Waals surface area contributed by atoms with Crippen molar-refractivity contribution in [3.8, 4) is 57.5 Å². The summed E-state index contributed by atoms with van der Waals surface area (Å²) in [6, 6.07) is 11.6. The minimum atomic E-state index is -0.758. The molecule has 13 nitrogen and oxygen atoms in total. The first-order valence-electron chi connectivity index (χ1n) is 20.1. The Kier molecular flexibility index (Phi) is 10.2. The van der Waals surface area contributed by atoms with Crippen molar-refractivity contribution in [2.24, 2.45) is 0 Å². The number of fused-ring (bicyclic) bond motifs is 8. The van der Waals surface area contributed by atoms with E-state index in [2.05, 4.69) is 0 Å². The molecule has 0 spiro atoms. The average molecular weight is 835 g/mol. The predicted octanol–water partition coefficient (Wildman–Crippen LogP) is 7.80. The van der Waals surface area contributed by atoms with Gasteiger partial charge in [0.2, 0.25) is 0 Å². The van der Waals surface area contributed by atoms with Crippen molar-refractivity contribution in [1.29, 1.82) is 0 Å². The third-order valence-electron chi connectivity index (χ3n) is 11.6. The summed E-state index contributed by atoms with van der Waals surface area (Å²) in [6.07, 6.45) is 6.83. The van der Waals surface area contributed by atoms with Crippen molar-refractivity contribution >= 4 is 23.7 Å². The molecule has 0 saturated carbocycles. The van der Waals surface area contributed by atoms with E-state index >= 15 is 0 Å². The molecule has 0 radical (unpaired) electrons. The quantitative estimate of drug-likeness (QED) is 0.161. The van der Waals surface area contributed by atoms with Gasteiger partial charge in [-0.25, -0.2) is 0 Å². The van der Waals surface area contributed by atoms with Gasteiger partial charge in [0.15, 0.2) is 23.1 Å². The number of phenolic OH excluding ortho intramolecular Hbond substituents is 2. The first-order chi connectivity index (χ1) is 28.8. The monoisotopic (exact) mass is 834 g/mol. The smallest absolute Gasteiger partial charge is 0.181 e. The van der Waals surface area contributed by atoms with Gasteiger partial charge in [0.25, 0.3) is 0 Å². The van der Waals surface area contributed by atoms with E-state index in [0.29, 0.717) is 74.7 Å². The second-order valence-corrected chi connectivity index (χ2v) is 17.3. The summed E-state index contributed by atoms with van der Waals surface area (Å²) in [5, 5.41) is 31.5. The zero-order valence-electron chi connectivity index (χ0n) is 35.6. The summed E-state index contributed by atoms with van der Waals surface area (Å²) >= 11 is 0. The Balaban J connectivity index is 0.000000168. The number of carbonyl (C=O) groups excluding carboxylic acids is 2. The minimum absolute atomic E-state index is 0.0505. The molecule has 0 amide bonds. The van der Waals surface area contributed by atoms with Gasteiger partial charge in [-0.3, -0.25) is 9.59 Å². The fourth-order valence-corrected chi connectivity index (χ4v) is 8.29. The lowest BCUT2D eigenvalue weighted by molar-refractivity contribution is -0.0412. The van der Waals surface area contributed by atoms with Crippen molar-refractivity contribution in [2.45, 2.75) is 89.3 Å². The fraction of sp³-hybridized carbons (Fsp3) is 0.375. The maximum atomic E-state index is 13.6. The number of ketones is 2. The minimum Gasteiger partial charge on any atom is -0.507 e. The molecule has 0 fully saturated rings. The average Bonchev–Trinajstić information content (AvgIpc) is 3.19. The molecule has 0 bridgehead atoms. The zero-order valence-corrected chi connectivity index (χ0v) is 35.6. The number of ether oxygens (including phenoxy) is 8. The standard InChI is InChI=1S/C25H28O6.C23H22O7/c1-24(2)9-8-16-20(30-24)7-6-14(23(16)29-5)11-18(26)17-10-15-12-22(28)25(3,4)31-21(15)13-19(17)27;1-23(2)6-5-11-15(30-23)8-13(24)20-21(25)19-12-7-16(26-3)17(27-4)9-14(12)28-10-18(19)29-22(11)20/h6-10,13,22,27-28H,11-12H2,1-5H3;5-9,18-19,24H,10H2,1-4H3. The maximum absolute atomic E-state index is 13.6. The molecule has 61 heavy (non-hydrogen) atoms. The van der Waals surface area contributed by atoms with E-state index in [4.69, 9.17) is 37.9 Å². The van der Waals surface area contributed by atoms with E-state index in [1.807, 2.05) is 64.1 Å². The highest BCUT2D eigenvalue weighted by molar-refractivity contribution is 6.08. The molecule has 320 valence electrons. The predicted molar refractivity (Wildman–Crippen MR) is 226 cm³/mol. The number of methoxy groups -OCH3 is 3. The second-order valence-electron chi connectivity index (χ2n) is 17.3. The number of aliphatic hydroxyl groups excluding tert-OH is 1. The van der Waals surface area contributed by atoms with E-state index in [0.717, 1.165) is 5.56 Å². The summed E-state index contributed by atoms with van der Waals surface area (Å²) in [5.74, 6) is 2.71. The maximum Gasteiger partial charge on any atom is 0.181 e. The van der Waals surface area contributed by atoms with Gasteiger partial charge >= 0.3 is 0 Å². The molecule has 0 aromatic heterocycles. The highest BCUT2D eigenvalue weighted by Crippen LogP contribution is 2.52. The largest absolute Gasteiger partial charge is 0.507 e. The van der Waals surface area contributed by atoms with Crippen LogP contribution in [0.5, 0.6) is 57.5 Å². The number of hydrogen-bond acceptors (Lipinski definition) is 13. The van der Waals surface area contributed by atoms with Gasteiger partial charge in [-0.05, 0) is 89.6 Å². The molecule has 0 saturated heterocycles. The molecule has 5 aliphatic rings. The van der Waals surface area contributed by atoms with Crippen LogP contribution in [0.2, 0.25) is 0 Å². The van der Waals surface area contributed by atoms with Crippen LogP contribution in [0.1, 0.15) is 96.0 Å². The van der Waals surface area contributed by atoms with E-state index in [1.165, 1.54) is 19.2 Å².